The molecule has 2 aromatic carbocycles. The number of allylic oxidation sites excluding steroid dienone is 1. The van der Waals surface area contributed by atoms with Crippen molar-refractivity contribution in [2.24, 2.45) is 5.41 Å². The average Bonchev–Trinajstić information content (AvgIpc) is 2.85. The molecule has 1 unspecified atom stereocenters. The van der Waals surface area contributed by atoms with Gasteiger partial charge in [-0.3, -0.25) is 9.78 Å². The van der Waals surface area contributed by atoms with Gasteiger partial charge in [0.05, 0.1) is 4.90 Å². The number of ketones is 1. The van der Waals surface area contributed by atoms with Gasteiger partial charge < -0.3 is 0 Å². The molecule has 2 aliphatic rings. The average molecular weight is 459 g/mol. The van der Waals surface area contributed by atoms with Gasteiger partial charge in [-0.05, 0) is 60.2 Å². The van der Waals surface area contributed by atoms with Crippen molar-refractivity contribution < 1.29 is 13.2 Å². The first kappa shape index (κ1) is 21.7. The second-order valence-electron chi connectivity index (χ2n) is 8.93. The number of sulfonamides is 1. The fraction of sp³-hybridized carbons (Fsp3) is 0.259. The molecule has 1 fully saturated rings. The maximum Gasteiger partial charge on any atom is 0.243 e. The van der Waals surface area contributed by atoms with Crippen LogP contribution < -0.4 is 0 Å². The number of fused-ring (bicyclic) bond motifs is 1. The van der Waals surface area contributed by atoms with Crippen molar-refractivity contribution in [3.05, 3.63) is 96.3 Å². The summed E-state index contributed by atoms with van der Waals surface area (Å²) in [5, 5.41) is 0. The normalized spacial score (nSPS) is 21.3. The molecule has 0 N–H and O–H groups in total. The second-order valence-corrected chi connectivity index (χ2v) is 10.9. The van der Waals surface area contributed by atoms with Crippen LogP contribution in [0.4, 0.5) is 0 Å². The Morgan fingerprint density at radius 2 is 1.70 bits per heavy atom. The molecule has 1 saturated heterocycles. The lowest BCUT2D eigenvalue weighted by Crippen LogP contribution is -2.49. The van der Waals surface area contributed by atoms with Gasteiger partial charge >= 0.3 is 0 Å². The molecule has 5 rings (SSSR count). The lowest BCUT2D eigenvalue weighted by Gasteiger charge is -2.46. The maximum absolute atomic E-state index is 13.6. The summed E-state index contributed by atoms with van der Waals surface area (Å²) in [5.41, 5.74) is 3.80. The third kappa shape index (κ3) is 4.28. The molecule has 1 aliphatic carbocycles. The number of hydrogen-bond acceptors (Lipinski definition) is 4. The third-order valence-electron chi connectivity index (χ3n) is 6.85. The Balaban J connectivity index is 1.44. The number of aromatic nitrogens is 1. The van der Waals surface area contributed by atoms with E-state index >= 15 is 0 Å². The van der Waals surface area contributed by atoms with Crippen LogP contribution in [-0.4, -0.2) is 36.6 Å². The molecule has 5 nitrogen and oxygen atoms in total. The van der Waals surface area contributed by atoms with Crippen LogP contribution in [0, 0.1) is 5.41 Å². The second kappa shape index (κ2) is 8.69. The Morgan fingerprint density at radius 1 is 0.909 bits per heavy atom. The van der Waals surface area contributed by atoms with Crippen LogP contribution in [0.2, 0.25) is 0 Å². The highest BCUT2D eigenvalue weighted by atomic mass is 32.2. The molecule has 1 aliphatic heterocycles. The molecule has 168 valence electrons. The van der Waals surface area contributed by atoms with Crippen molar-refractivity contribution in [3.8, 4) is 11.1 Å². The number of carbonyl (C=O) groups excluding carboxylic acids is 1. The summed E-state index contributed by atoms with van der Waals surface area (Å²) in [4.78, 5) is 16.6. The highest BCUT2D eigenvalue weighted by Crippen LogP contribution is 2.46. The fourth-order valence-corrected chi connectivity index (χ4v) is 6.60. The standard InChI is InChI=1S/C27H26N2O3S/c30-25-12-14-27(18-21-5-2-1-3-6-21)20-29(16-13-24(27)17-25)33(31,32)26-10-8-22(9-11-26)23-7-4-15-28-19-23/h1-11,15,17,19H,12-14,16,18,20H2. The van der Waals surface area contributed by atoms with E-state index < -0.39 is 10.0 Å². The molecule has 1 atom stereocenters. The van der Waals surface area contributed by atoms with Crippen molar-refractivity contribution in [2.75, 3.05) is 13.1 Å². The molecule has 3 aromatic rings. The number of nitrogens with zero attached hydrogens (tertiary/aromatic N) is 2. The van der Waals surface area contributed by atoms with Crippen molar-refractivity contribution in [2.45, 2.75) is 30.6 Å². The molecule has 0 radical (unpaired) electrons. The van der Waals surface area contributed by atoms with Gasteiger partial charge in [0.25, 0.3) is 0 Å². The van der Waals surface area contributed by atoms with E-state index in [1.54, 1.807) is 34.9 Å². The van der Waals surface area contributed by atoms with E-state index in [0.717, 1.165) is 28.7 Å². The summed E-state index contributed by atoms with van der Waals surface area (Å²) in [6.07, 6.45) is 7.72. The molecular formula is C27H26N2O3S. The molecule has 0 amide bonds. The Bertz CT molecular complexity index is 1290. The molecule has 1 aromatic heterocycles. The quantitative estimate of drug-likeness (QED) is 0.558. The van der Waals surface area contributed by atoms with Gasteiger partial charge in [-0.1, -0.05) is 54.1 Å². The van der Waals surface area contributed by atoms with Gasteiger partial charge in [-0.15, -0.1) is 0 Å². The Hall–Kier alpha value is -3.09. The van der Waals surface area contributed by atoms with Crippen molar-refractivity contribution >= 4 is 15.8 Å². The fourth-order valence-electron chi connectivity index (χ4n) is 5.07. The first-order valence-corrected chi connectivity index (χ1v) is 12.7. The van der Waals surface area contributed by atoms with E-state index in [1.165, 1.54) is 0 Å². The monoisotopic (exact) mass is 458 g/mol. The predicted octanol–water partition coefficient (Wildman–Crippen LogP) is 4.66. The Kier molecular flexibility index (Phi) is 5.72. The number of carbonyl (C=O) groups is 1. The SMILES string of the molecule is O=C1C=C2CCN(S(=O)(=O)c3ccc(-c4cccnc4)cc3)CC2(Cc2ccccc2)CC1. The van der Waals surface area contributed by atoms with Crippen molar-refractivity contribution in [1.29, 1.82) is 0 Å². The zero-order valence-electron chi connectivity index (χ0n) is 18.4. The molecule has 0 spiro atoms. The summed E-state index contributed by atoms with van der Waals surface area (Å²) in [6.45, 7) is 0.788. The number of benzene rings is 2. The van der Waals surface area contributed by atoms with Gasteiger partial charge in [-0.2, -0.15) is 4.31 Å². The first-order valence-electron chi connectivity index (χ1n) is 11.2. The van der Waals surface area contributed by atoms with E-state index in [1.807, 2.05) is 42.5 Å². The molecule has 2 heterocycles. The van der Waals surface area contributed by atoms with Crippen LogP contribution in [0.25, 0.3) is 11.1 Å². The molecular weight excluding hydrogens is 432 g/mol. The first-order chi connectivity index (χ1) is 16.0. The van der Waals surface area contributed by atoms with E-state index in [4.69, 9.17) is 0 Å². The van der Waals surface area contributed by atoms with Crippen LogP contribution >= 0.6 is 0 Å². The zero-order chi connectivity index (χ0) is 22.9. The third-order valence-corrected chi connectivity index (χ3v) is 8.71. The number of pyridine rings is 1. The lowest BCUT2D eigenvalue weighted by atomic mass is 9.66. The maximum atomic E-state index is 13.6. The van der Waals surface area contributed by atoms with Gasteiger partial charge in [0.1, 0.15) is 0 Å². The summed E-state index contributed by atoms with van der Waals surface area (Å²) < 4.78 is 28.8. The van der Waals surface area contributed by atoms with Gasteiger partial charge in [0.15, 0.2) is 5.78 Å². The number of rotatable bonds is 5. The highest BCUT2D eigenvalue weighted by Gasteiger charge is 2.45. The molecule has 0 bridgehead atoms. The lowest BCUT2D eigenvalue weighted by molar-refractivity contribution is -0.116. The smallest absolute Gasteiger partial charge is 0.243 e. The van der Waals surface area contributed by atoms with E-state index in [2.05, 4.69) is 17.1 Å². The van der Waals surface area contributed by atoms with E-state index in [0.29, 0.717) is 37.2 Å². The van der Waals surface area contributed by atoms with Crippen LogP contribution in [0.15, 0.2) is 95.7 Å². The van der Waals surface area contributed by atoms with Crippen LogP contribution in [0.5, 0.6) is 0 Å². The van der Waals surface area contributed by atoms with Crippen LogP contribution in [0.1, 0.15) is 24.8 Å². The largest absolute Gasteiger partial charge is 0.295 e. The highest BCUT2D eigenvalue weighted by molar-refractivity contribution is 7.89. The van der Waals surface area contributed by atoms with Gasteiger partial charge in [-0.25, -0.2) is 8.42 Å². The molecule has 6 heteroatoms. The zero-order valence-corrected chi connectivity index (χ0v) is 19.2. The van der Waals surface area contributed by atoms with Gasteiger partial charge in [0.2, 0.25) is 10.0 Å². The summed E-state index contributed by atoms with van der Waals surface area (Å²) in [6, 6.07) is 21.0. The minimum atomic E-state index is -3.65. The minimum Gasteiger partial charge on any atom is -0.295 e. The minimum absolute atomic E-state index is 0.149. The van der Waals surface area contributed by atoms with Crippen molar-refractivity contribution in [1.82, 2.24) is 9.29 Å². The van der Waals surface area contributed by atoms with E-state index in [-0.39, 0.29) is 11.2 Å². The summed E-state index contributed by atoms with van der Waals surface area (Å²) >= 11 is 0. The predicted molar refractivity (Wildman–Crippen MR) is 128 cm³/mol. The van der Waals surface area contributed by atoms with Crippen LogP contribution in [-0.2, 0) is 21.2 Å². The summed E-state index contributed by atoms with van der Waals surface area (Å²) in [7, 11) is -3.65. The van der Waals surface area contributed by atoms with Crippen molar-refractivity contribution in [3.63, 3.8) is 0 Å². The molecule has 0 saturated carbocycles. The Labute approximate surface area is 194 Å². The number of piperidine rings is 1. The van der Waals surface area contributed by atoms with Crippen LogP contribution in [0.3, 0.4) is 0 Å². The Morgan fingerprint density at radius 3 is 2.42 bits per heavy atom. The number of hydrogen-bond donors (Lipinski definition) is 0. The summed E-state index contributed by atoms with van der Waals surface area (Å²) in [5.74, 6) is 0.149. The topological polar surface area (TPSA) is 67.3 Å². The molecule has 33 heavy (non-hydrogen) atoms. The van der Waals surface area contributed by atoms with E-state index in [9.17, 15) is 13.2 Å². The van der Waals surface area contributed by atoms with Gasteiger partial charge in [0, 0.05) is 37.3 Å².